The Hall–Kier alpha value is -1.06. The summed E-state index contributed by atoms with van der Waals surface area (Å²) >= 11 is 0. The van der Waals surface area contributed by atoms with Crippen LogP contribution in [-0.4, -0.2) is 22.2 Å². The van der Waals surface area contributed by atoms with Gasteiger partial charge in [0, 0.05) is 0 Å². The lowest BCUT2D eigenvalue weighted by Gasteiger charge is -2.48. The zero-order chi connectivity index (χ0) is 20.0. The highest BCUT2D eigenvalue weighted by molar-refractivity contribution is 5.86. The van der Waals surface area contributed by atoms with Gasteiger partial charge >= 0.3 is 11.9 Å². The van der Waals surface area contributed by atoms with Gasteiger partial charge in [-0.05, 0) is 49.9 Å². The quantitative estimate of drug-likeness (QED) is 0.469. The van der Waals surface area contributed by atoms with E-state index in [2.05, 4.69) is 13.8 Å². The fourth-order valence-electron chi connectivity index (χ4n) is 5.19. The molecule has 1 fully saturated rings. The topological polar surface area (TPSA) is 74.6 Å². The zero-order valence-corrected chi connectivity index (χ0v) is 17.5. The van der Waals surface area contributed by atoms with Crippen molar-refractivity contribution in [3.05, 3.63) is 0 Å². The molecule has 4 heteroatoms. The Kier molecular flexibility index (Phi) is 8.62. The first-order valence-corrected chi connectivity index (χ1v) is 10.6. The summed E-state index contributed by atoms with van der Waals surface area (Å²) in [6.45, 7) is 10.1. The lowest BCUT2D eigenvalue weighted by molar-refractivity contribution is -0.181. The first-order valence-electron chi connectivity index (χ1n) is 10.6. The summed E-state index contributed by atoms with van der Waals surface area (Å²) in [5.74, 6) is -0.966. The monoisotopic (exact) mass is 368 g/mol. The molecule has 0 bridgehead atoms. The van der Waals surface area contributed by atoms with Gasteiger partial charge in [0.2, 0.25) is 0 Å². The minimum absolute atomic E-state index is 0.152. The van der Waals surface area contributed by atoms with Crippen molar-refractivity contribution in [1.82, 2.24) is 0 Å². The second-order valence-corrected chi connectivity index (χ2v) is 9.37. The summed E-state index contributed by atoms with van der Waals surface area (Å²) in [5, 5.41) is 20.7. The molecule has 152 valence electrons. The molecule has 0 spiro atoms. The van der Waals surface area contributed by atoms with Crippen molar-refractivity contribution in [2.75, 3.05) is 0 Å². The van der Waals surface area contributed by atoms with E-state index in [1.807, 2.05) is 20.8 Å². The zero-order valence-electron chi connectivity index (χ0n) is 17.5. The van der Waals surface area contributed by atoms with Crippen LogP contribution < -0.4 is 0 Å². The lowest BCUT2D eigenvalue weighted by atomic mass is 9.53. The van der Waals surface area contributed by atoms with Gasteiger partial charge in [-0.3, -0.25) is 9.59 Å². The molecule has 0 heterocycles. The summed E-state index contributed by atoms with van der Waals surface area (Å²) in [5.41, 5.74) is -2.37. The van der Waals surface area contributed by atoms with E-state index in [0.29, 0.717) is 37.5 Å². The molecule has 0 aromatic rings. The maximum atomic E-state index is 12.7. The summed E-state index contributed by atoms with van der Waals surface area (Å²) in [4.78, 5) is 25.3. The number of hydrogen-bond donors (Lipinski definition) is 2. The molecule has 0 aliphatic heterocycles. The molecule has 0 amide bonds. The van der Waals surface area contributed by atoms with E-state index in [9.17, 15) is 19.8 Å². The normalized spacial score (nSPS) is 20.7. The molecule has 1 aliphatic rings. The Labute approximate surface area is 159 Å². The second-order valence-electron chi connectivity index (χ2n) is 9.37. The molecule has 0 aromatic carbocycles. The van der Waals surface area contributed by atoms with Gasteiger partial charge in [0.25, 0.3) is 0 Å². The predicted molar refractivity (Wildman–Crippen MR) is 105 cm³/mol. The molecular weight excluding hydrogens is 328 g/mol. The number of carboxylic acids is 2. The van der Waals surface area contributed by atoms with E-state index < -0.39 is 22.8 Å². The molecule has 26 heavy (non-hydrogen) atoms. The maximum absolute atomic E-state index is 12.7. The number of carbonyl (C=O) groups is 2. The van der Waals surface area contributed by atoms with Crippen LogP contribution in [0.15, 0.2) is 0 Å². The SMILES string of the molecule is CCC(CCC(C)C)(C(=O)O)C(CC(C)C)(CC1CCCCC1)C(=O)O. The standard InChI is InChI=1S/C22H40O4/c1-6-21(19(23)24,13-12-16(2)3)22(20(25)26,14-17(4)5)15-18-10-8-7-9-11-18/h16-18H,6-15H2,1-5H3,(H,23,24)(H,25,26). The van der Waals surface area contributed by atoms with Gasteiger partial charge < -0.3 is 10.2 Å². The Morgan fingerprint density at radius 1 is 0.923 bits per heavy atom. The number of carboxylic acid groups (broad SMARTS) is 2. The summed E-state index contributed by atoms with van der Waals surface area (Å²) in [6.07, 6.45) is 8.09. The van der Waals surface area contributed by atoms with Crippen LogP contribution in [0.5, 0.6) is 0 Å². The molecule has 4 nitrogen and oxygen atoms in total. The number of rotatable bonds is 11. The molecule has 0 saturated heterocycles. The van der Waals surface area contributed by atoms with Gasteiger partial charge in [0.1, 0.15) is 0 Å². The van der Waals surface area contributed by atoms with Gasteiger partial charge in [-0.1, -0.05) is 66.7 Å². The van der Waals surface area contributed by atoms with Crippen molar-refractivity contribution in [3.8, 4) is 0 Å². The van der Waals surface area contributed by atoms with Gasteiger partial charge in [-0.25, -0.2) is 0 Å². The Bertz CT molecular complexity index is 465. The van der Waals surface area contributed by atoms with E-state index in [4.69, 9.17) is 0 Å². The van der Waals surface area contributed by atoms with Crippen molar-refractivity contribution in [2.24, 2.45) is 28.6 Å². The van der Waals surface area contributed by atoms with E-state index >= 15 is 0 Å². The van der Waals surface area contributed by atoms with Crippen LogP contribution in [-0.2, 0) is 9.59 Å². The average Bonchev–Trinajstić information content (AvgIpc) is 2.55. The van der Waals surface area contributed by atoms with Crippen molar-refractivity contribution < 1.29 is 19.8 Å². The second kappa shape index (κ2) is 9.75. The Morgan fingerprint density at radius 3 is 1.85 bits per heavy atom. The molecular formula is C22H40O4. The van der Waals surface area contributed by atoms with Crippen LogP contribution in [0.25, 0.3) is 0 Å². The first kappa shape index (κ1) is 23.0. The highest BCUT2D eigenvalue weighted by Crippen LogP contribution is 2.55. The smallest absolute Gasteiger partial charge is 0.310 e. The van der Waals surface area contributed by atoms with E-state index in [1.165, 1.54) is 6.42 Å². The molecule has 2 N–H and O–H groups in total. The van der Waals surface area contributed by atoms with E-state index in [-0.39, 0.29) is 5.92 Å². The Balaban J connectivity index is 3.42. The number of hydrogen-bond acceptors (Lipinski definition) is 2. The highest BCUT2D eigenvalue weighted by Gasteiger charge is 2.60. The minimum atomic E-state index is -1.19. The first-order chi connectivity index (χ1) is 12.1. The summed E-state index contributed by atoms with van der Waals surface area (Å²) < 4.78 is 0. The molecule has 1 aliphatic carbocycles. The van der Waals surface area contributed by atoms with Crippen LogP contribution >= 0.6 is 0 Å². The summed E-state index contributed by atoms with van der Waals surface area (Å²) in [7, 11) is 0. The highest BCUT2D eigenvalue weighted by atomic mass is 16.4. The van der Waals surface area contributed by atoms with Crippen LogP contribution in [0, 0.1) is 28.6 Å². The van der Waals surface area contributed by atoms with E-state index in [0.717, 1.165) is 32.1 Å². The molecule has 0 radical (unpaired) electrons. The number of aliphatic carboxylic acids is 2. The van der Waals surface area contributed by atoms with Crippen LogP contribution in [0.1, 0.15) is 98.8 Å². The average molecular weight is 369 g/mol. The minimum Gasteiger partial charge on any atom is -0.481 e. The third kappa shape index (κ3) is 5.01. The van der Waals surface area contributed by atoms with Crippen molar-refractivity contribution >= 4 is 11.9 Å². The van der Waals surface area contributed by atoms with Gasteiger partial charge in [0.15, 0.2) is 0 Å². The molecule has 1 saturated carbocycles. The van der Waals surface area contributed by atoms with Crippen LogP contribution in [0.2, 0.25) is 0 Å². The lowest BCUT2D eigenvalue weighted by Crippen LogP contribution is -2.54. The van der Waals surface area contributed by atoms with Gasteiger partial charge in [-0.15, -0.1) is 0 Å². The summed E-state index contributed by atoms with van der Waals surface area (Å²) in [6, 6.07) is 0. The molecule has 1 rings (SSSR count). The maximum Gasteiger partial charge on any atom is 0.310 e. The largest absolute Gasteiger partial charge is 0.481 e. The van der Waals surface area contributed by atoms with E-state index in [1.54, 1.807) is 0 Å². The van der Waals surface area contributed by atoms with Crippen LogP contribution in [0.4, 0.5) is 0 Å². The van der Waals surface area contributed by atoms with Crippen LogP contribution in [0.3, 0.4) is 0 Å². The third-order valence-electron chi connectivity index (χ3n) is 6.61. The van der Waals surface area contributed by atoms with Gasteiger partial charge in [-0.2, -0.15) is 0 Å². The molecule has 2 atom stereocenters. The van der Waals surface area contributed by atoms with Crippen molar-refractivity contribution in [1.29, 1.82) is 0 Å². The van der Waals surface area contributed by atoms with Crippen molar-refractivity contribution in [3.63, 3.8) is 0 Å². The molecule has 0 aromatic heterocycles. The van der Waals surface area contributed by atoms with Gasteiger partial charge in [0.05, 0.1) is 10.8 Å². The molecule has 2 unspecified atom stereocenters. The van der Waals surface area contributed by atoms with Crippen molar-refractivity contribution in [2.45, 2.75) is 98.8 Å². The fourth-order valence-corrected chi connectivity index (χ4v) is 5.19. The predicted octanol–water partition coefficient (Wildman–Crippen LogP) is 5.99. The third-order valence-corrected chi connectivity index (χ3v) is 6.61. The fraction of sp³-hybridized carbons (Fsp3) is 0.909. The Morgan fingerprint density at radius 2 is 1.46 bits per heavy atom.